The highest BCUT2D eigenvalue weighted by Gasteiger charge is 2.26. The zero-order valence-corrected chi connectivity index (χ0v) is 16.7. The lowest BCUT2D eigenvalue weighted by Gasteiger charge is -2.24. The van der Waals surface area contributed by atoms with E-state index in [2.05, 4.69) is 27.2 Å². The summed E-state index contributed by atoms with van der Waals surface area (Å²) in [4.78, 5) is 12.9. The van der Waals surface area contributed by atoms with E-state index in [0.29, 0.717) is 17.1 Å². The Balaban J connectivity index is 1.52. The number of amides is 1. The van der Waals surface area contributed by atoms with Crippen LogP contribution in [0.3, 0.4) is 0 Å². The fourth-order valence-electron chi connectivity index (χ4n) is 3.88. The molecular weight excluding hydrogens is 366 g/mol. The summed E-state index contributed by atoms with van der Waals surface area (Å²) >= 11 is 0. The third-order valence-corrected chi connectivity index (χ3v) is 5.39. The first-order chi connectivity index (χ1) is 14.2. The van der Waals surface area contributed by atoms with Crippen LogP contribution in [0.5, 0.6) is 11.5 Å². The zero-order chi connectivity index (χ0) is 20.2. The minimum absolute atomic E-state index is 0.0381. The highest BCUT2D eigenvalue weighted by Crippen LogP contribution is 2.31. The number of methoxy groups -OCH3 is 2. The molecule has 1 aromatic heterocycles. The van der Waals surface area contributed by atoms with Gasteiger partial charge in [-0.1, -0.05) is 30.3 Å². The van der Waals surface area contributed by atoms with E-state index >= 15 is 0 Å². The second-order valence-electron chi connectivity index (χ2n) is 7.18. The minimum atomic E-state index is -0.125. The number of hydrogen-bond donors (Lipinski definition) is 1. The van der Waals surface area contributed by atoms with E-state index < -0.39 is 0 Å². The zero-order valence-electron chi connectivity index (χ0n) is 16.7. The van der Waals surface area contributed by atoms with Gasteiger partial charge in [-0.25, -0.2) is 0 Å². The molecule has 1 heterocycles. The Kier molecular flexibility index (Phi) is 5.51. The van der Waals surface area contributed by atoms with Crippen LogP contribution in [-0.2, 0) is 13.0 Å². The first-order valence-corrected chi connectivity index (χ1v) is 9.81. The van der Waals surface area contributed by atoms with Gasteiger partial charge < -0.3 is 14.8 Å². The van der Waals surface area contributed by atoms with Crippen LogP contribution >= 0.6 is 0 Å². The number of benzene rings is 2. The number of fused-ring (bicyclic) bond motifs is 1. The van der Waals surface area contributed by atoms with Gasteiger partial charge in [-0.3, -0.25) is 9.48 Å². The van der Waals surface area contributed by atoms with Crippen LogP contribution in [0.2, 0.25) is 0 Å². The molecular formula is C23H25N3O3. The van der Waals surface area contributed by atoms with Crippen LogP contribution < -0.4 is 14.8 Å². The average Bonchev–Trinajstić information content (AvgIpc) is 3.17. The Bertz CT molecular complexity index is 998. The summed E-state index contributed by atoms with van der Waals surface area (Å²) in [5.74, 6) is 1.02. The average molecular weight is 391 g/mol. The van der Waals surface area contributed by atoms with Crippen molar-refractivity contribution in [2.75, 3.05) is 14.2 Å². The summed E-state index contributed by atoms with van der Waals surface area (Å²) in [5.41, 5.74) is 4.08. The first-order valence-electron chi connectivity index (χ1n) is 9.81. The Morgan fingerprint density at radius 2 is 1.93 bits per heavy atom. The van der Waals surface area contributed by atoms with Crippen LogP contribution in [0.15, 0.2) is 54.7 Å². The molecule has 1 N–H and O–H groups in total. The number of nitrogens with zero attached hydrogens (tertiary/aromatic N) is 2. The number of aromatic nitrogens is 2. The molecule has 1 amide bonds. The lowest BCUT2D eigenvalue weighted by atomic mass is 9.92. The molecule has 6 heteroatoms. The van der Waals surface area contributed by atoms with Crippen molar-refractivity contribution >= 4 is 5.91 Å². The molecule has 3 aromatic rings. The molecule has 1 aliphatic rings. The number of ether oxygens (including phenoxy) is 2. The molecule has 0 aliphatic heterocycles. The van der Waals surface area contributed by atoms with E-state index in [1.54, 1.807) is 32.4 Å². The van der Waals surface area contributed by atoms with E-state index in [4.69, 9.17) is 9.47 Å². The van der Waals surface area contributed by atoms with Gasteiger partial charge in [-0.15, -0.1) is 0 Å². The van der Waals surface area contributed by atoms with Gasteiger partial charge >= 0.3 is 0 Å². The SMILES string of the molecule is COc1ccc(C(=O)NC2CCCc3c2cnn3Cc2ccccc2)cc1OC. The van der Waals surface area contributed by atoms with E-state index in [1.807, 2.05) is 24.4 Å². The van der Waals surface area contributed by atoms with Crippen molar-refractivity contribution in [1.82, 2.24) is 15.1 Å². The van der Waals surface area contributed by atoms with Crippen molar-refractivity contribution in [2.45, 2.75) is 31.8 Å². The molecule has 29 heavy (non-hydrogen) atoms. The van der Waals surface area contributed by atoms with E-state index in [9.17, 15) is 4.79 Å². The standard InChI is InChI=1S/C23H25N3O3/c1-28-21-12-11-17(13-22(21)29-2)23(27)25-19-9-6-10-20-18(19)14-24-26(20)15-16-7-4-3-5-8-16/h3-5,7-8,11-14,19H,6,9-10,15H2,1-2H3,(H,25,27). The van der Waals surface area contributed by atoms with Gasteiger partial charge in [0, 0.05) is 16.8 Å². The minimum Gasteiger partial charge on any atom is -0.493 e. The Morgan fingerprint density at radius 1 is 1.14 bits per heavy atom. The van der Waals surface area contributed by atoms with Crippen molar-refractivity contribution < 1.29 is 14.3 Å². The Hall–Kier alpha value is -3.28. The van der Waals surface area contributed by atoms with Gasteiger partial charge in [0.1, 0.15) is 0 Å². The van der Waals surface area contributed by atoms with Gasteiger partial charge in [-0.2, -0.15) is 5.10 Å². The summed E-state index contributed by atoms with van der Waals surface area (Å²) in [5, 5.41) is 7.77. The maximum absolute atomic E-state index is 12.9. The predicted octanol–water partition coefficient (Wildman–Crippen LogP) is 3.76. The second kappa shape index (κ2) is 8.39. The third-order valence-electron chi connectivity index (χ3n) is 5.39. The molecule has 0 spiro atoms. The van der Waals surface area contributed by atoms with Gasteiger partial charge in [-0.05, 0) is 43.0 Å². The topological polar surface area (TPSA) is 65.4 Å². The van der Waals surface area contributed by atoms with Gasteiger partial charge in [0.25, 0.3) is 5.91 Å². The Labute approximate surface area is 170 Å². The van der Waals surface area contributed by atoms with Crippen LogP contribution in [0.1, 0.15) is 46.1 Å². The fourth-order valence-corrected chi connectivity index (χ4v) is 3.88. The Morgan fingerprint density at radius 3 is 2.69 bits per heavy atom. The summed E-state index contributed by atoms with van der Waals surface area (Å²) in [6, 6.07) is 15.5. The largest absolute Gasteiger partial charge is 0.493 e. The van der Waals surface area contributed by atoms with Crippen LogP contribution in [-0.4, -0.2) is 29.9 Å². The molecule has 6 nitrogen and oxygen atoms in total. The third kappa shape index (κ3) is 3.97. The van der Waals surface area contributed by atoms with Crippen molar-refractivity contribution in [3.8, 4) is 11.5 Å². The molecule has 0 fully saturated rings. The smallest absolute Gasteiger partial charge is 0.251 e. The number of hydrogen-bond acceptors (Lipinski definition) is 4. The molecule has 0 saturated carbocycles. The predicted molar refractivity (Wildman–Crippen MR) is 110 cm³/mol. The molecule has 1 unspecified atom stereocenters. The maximum Gasteiger partial charge on any atom is 0.251 e. The summed E-state index contributed by atoms with van der Waals surface area (Å²) in [6.45, 7) is 0.743. The summed E-state index contributed by atoms with van der Waals surface area (Å²) in [6.07, 6.45) is 4.80. The van der Waals surface area contributed by atoms with Gasteiger partial charge in [0.2, 0.25) is 0 Å². The van der Waals surface area contributed by atoms with Crippen molar-refractivity contribution in [1.29, 1.82) is 0 Å². The van der Waals surface area contributed by atoms with E-state index in [1.165, 1.54) is 11.3 Å². The first kappa shape index (κ1) is 19.1. The number of nitrogens with one attached hydrogen (secondary N) is 1. The molecule has 1 atom stereocenters. The molecule has 2 aromatic carbocycles. The summed E-state index contributed by atoms with van der Waals surface area (Å²) in [7, 11) is 3.14. The lowest BCUT2D eigenvalue weighted by molar-refractivity contribution is 0.0932. The number of rotatable bonds is 6. The van der Waals surface area contributed by atoms with Crippen LogP contribution in [0.4, 0.5) is 0 Å². The number of carbonyl (C=O) groups excluding carboxylic acids is 1. The van der Waals surface area contributed by atoms with E-state index in [0.717, 1.165) is 31.4 Å². The number of carbonyl (C=O) groups is 1. The van der Waals surface area contributed by atoms with Crippen molar-refractivity contribution in [2.24, 2.45) is 0 Å². The highest BCUT2D eigenvalue weighted by atomic mass is 16.5. The molecule has 0 radical (unpaired) electrons. The van der Waals surface area contributed by atoms with Crippen LogP contribution in [0.25, 0.3) is 0 Å². The second-order valence-corrected chi connectivity index (χ2v) is 7.18. The quantitative estimate of drug-likeness (QED) is 0.695. The van der Waals surface area contributed by atoms with Gasteiger partial charge in [0.15, 0.2) is 11.5 Å². The molecule has 0 saturated heterocycles. The maximum atomic E-state index is 12.9. The molecule has 150 valence electrons. The van der Waals surface area contributed by atoms with Crippen molar-refractivity contribution in [3.05, 3.63) is 77.1 Å². The van der Waals surface area contributed by atoms with Gasteiger partial charge in [0.05, 0.1) is 33.0 Å². The molecule has 1 aliphatic carbocycles. The van der Waals surface area contributed by atoms with Crippen molar-refractivity contribution in [3.63, 3.8) is 0 Å². The normalized spacial score (nSPS) is 15.4. The molecule has 4 rings (SSSR count). The van der Waals surface area contributed by atoms with Crippen LogP contribution in [0, 0.1) is 0 Å². The fraction of sp³-hybridized carbons (Fsp3) is 0.304. The van der Waals surface area contributed by atoms with E-state index in [-0.39, 0.29) is 11.9 Å². The molecule has 0 bridgehead atoms. The lowest BCUT2D eigenvalue weighted by Crippen LogP contribution is -2.31. The highest BCUT2D eigenvalue weighted by molar-refractivity contribution is 5.95. The summed E-state index contributed by atoms with van der Waals surface area (Å²) < 4.78 is 12.6. The monoisotopic (exact) mass is 391 g/mol.